The van der Waals surface area contributed by atoms with E-state index in [2.05, 4.69) is 30.9 Å². The van der Waals surface area contributed by atoms with E-state index in [1.165, 1.54) is 17.3 Å². The Bertz CT molecular complexity index is 566. The van der Waals surface area contributed by atoms with Gasteiger partial charge in [-0.3, -0.25) is 0 Å². The van der Waals surface area contributed by atoms with Crippen LogP contribution in [-0.4, -0.2) is 6.54 Å². The SMILES string of the molecule is CCN(Cc1ccc(N)c(F)c1)c1ccccc1C. The molecule has 2 nitrogen and oxygen atoms in total. The summed E-state index contributed by atoms with van der Waals surface area (Å²) in [7, 11) is 0. The molecule has 0 aliphatic rings. The molecule has 0 bridgehead atoms. The lowest BCUT2D eigenvalue weighted by Crippen LogP contribution is -2.22. The Hall–Kier alpha value is -2.03. The highest BCUT2D eigenvalue weighted by Crippen LogP contribution is 2.22. The highest BCUT2D eigenvalue weighted by atomic mass is 19.1. The fourth-order valence-electron chi connectivity index (χ4n) is 2.17. The van der Waals surface area contributed by atoms with E-state index in [-0.39, 0.29) is 11.5 Å². The maximum Gasteiger partial charge on any atom is 0.146 e. The Morgan fingerprint density at radius 2 is 1.89 bits per heavy atom. The van der Waals surface area contributed by atoms with Gasteiger partial charge in [-0.25, -0.2) is 4.39 Å². The molecule has 2 N–H and O–H groups in total. The van der Waals surface area contributed by atoms with Crippen molar-refractivity contribution in [3.63, 3.8) is 0 Å². The van der Waals surface area contributed by atoms with E-state index in [1.807, 2.05) is 18.2 Å². The molecule has 2 aromatic carbocycles. The van der Waals surface area contributed by atoms with Crippen molar-refractivity contribution < 1.29 is 4.39 Å². The van der Waals surface area contributed by atoms with Gasteiger partial charge in [-0.2, -0.15) is 0 Å². The first-order valence-corrected chi connectivity index (χ1v) is 6.46. The average Bonchev–Trinajstić information content (AvgIpc) is 2.41. The van der Waals surface area contributed by atoms with Crippen LogP contribution in [0.4, 0.5) is 15.8 Å². The van der Waals surface area contributed by atoms with Crippen LogP contribution in [0.5, 0.6) is 0 Å². The van der Waals surface area contributed by atoms with Crippen molar-refractivity contribution >= 4 is 11.4 Å². The molecule has 0 unspecified atom stereocenters. The molecule has 0 aromatic heterocycles. The van der Waals surface area contributed by atoms with Crippen LogP contribution in [0.25, 0.3) is 0 Å². The van der Waals surface area contributed by atoms with E-state index in [1.54, 1.807) is 6.07 Å². The first kappa shape index (κ1) is 13.4. The number of rotatable bonds is 4. The molecule has 0 spiro atoms. The summed E-state index contributed by atoms with van der Waals surface area (Å²) in [4.78, 5) is 2.22. The highest BCUT2D eigenvalue weighted by molar-refractivity contribution is 5.53. The lowest BCUT2D eigenvalue weighted by molar-refractivity contribution is 0.629. The molecule has 0 fully saturated rings. The summed E-state index contributed by atoms with van der Waals surface area (Å²) in [6.45, 7) is 5.73. The average molecular weight is 258 g/mol. The van der Waals surface area contributed by atoms with Crippen LogP contribution in [0.1, 0.15) is 18.1 Å². The second kappa shape index (κ2) is 5.74. The van der Waals surface area contributed by atoms with Crippen LogP contribution < -0.4 is 10.6 Å². The fraction of sp³-hybridized carbons (Fsp3) is 0.250. The predicted octanol–water partition coefficient (Wildman–Crippen LogP) is 3.74. The van der Waals surface area contributed by atoms with Crippen molar-refractivity contribution in [2.45, 2.75) is 20.4 Å². The van der Waals surface area contributed by atoms with Crippen LogP contribution in [0, 0.1) is 12.7 Å². The van der Waals surface area contributed by atoms with Crippen LogP contribution in [0.2, 0.25) is 0 Å². The lowest BCUT2D eigenvalue weighted by Gasteiger charge is -2.25. The number of nitrogens with two attached hydrogens (primary N) is 1. The standard InChI is InChI=1S/C16H19FN2/c1-3-19(16-7-5-4-6-12(16)2)11-13-8-9-15(18)14(17)10-13/h4-10H,3,11,18H2,1-2H3. The van der Waals surface area contributed by atoms with E-state index >= 15 is 0 Å². The third kappa shape index (κ3) is 3.05. The van der Waals surface area contributed by atoms with Gasteiger partial charge in [-0.05, 0) is 43.2 Å². The second-order valence-electron chi connectivity index (χ2n) is 4.66. The molecule has 0 saturated heterocycles. The summed E-state index contributed by atoms with van der Waals surface area (Å²) in [5.74, 6) is -0.349. The number of nitrogens with zero attached hydrogens (tertiary/aromatic N) is 1. The van der Waals surface area contributed by atoms with Gasteiger partial charge in [-0.1, -0.05) is 24.3 Å². The zero-order chi connectivity index (χ0) is 13.8. The molecule has 0 radical (unpaired) electrons. The van der Waals surface area contributed by atoms with Gasteiger partial charge in [-0.15, -0.1) is 0 Å². The fourth-order valence-corrected chi connectivity index (χ4v) is 2.17. The number of nitrogen functional groups attached to an aromatic ring is 1. The maximum atomic E-state index is 13.5. The van der Waals surface area contributed by atoms with Crippen molar-refractivity contribution in [2.75, 3.05) is 17.2 Å². The zero-order valence-corrected chi connectivity index (χ0v) is 11.4. The van der Waals surface area contributed by atoms with Gasteiger partial charge < -0.3 is 10.6 Å². The lowest BCUT2D eigenvalue weighted by atomic mass is 10.1. The third-order valence-corrected chi connectivity index (χ3v) is 3.28. The van der Waals surface area contributed by atoms with Gasteiger partial charge in [0.15, 0.2) is 0 Å². The molecule has 0 atom stereocenters. The minimum Gasteiger partial charge on any atom is -0.396 e. The molecule has 0 heterocycles. The summed E-state index contributed by atoms with van der Waals surface area (Å²) < 4.78 is 13.5. The Morgan fingerprint density at radius 3 is 2.53 bits per heavy atom. The largest absolute Gasteiger partial charge is 0.396 e. The number of benzene rings is 2. The predicted molar refractivity (Wildman–Crippen MR) is 78.7 cm³/mol. The summed E-state index contributed by atoms with van der Waals surface area (Å²) in [5.41, 5.74) is 9.03. The maximum absolute atomic E-state index is 13.5. The number of para-hydroxylation sites is 1. The normalized spacial score (nSPS) is 10.5. The quantitative estimate of drug-likeness (QED) is 0.846. The molecule has 2 rings (SSSR count). The molecule has 3 heteroatoms. The Morgan fingerprint density at radius 1 is 1.16 bits per heavy atom. The third-order valence-electron chi connectivity index (χ3n) is 3.28. The highest BCUT2D eigenvalue weighted by Gasteiger charge is 2.08. The van der Waals surface area contributed by atoms with E-state index in [0.717, 1.165) is 12.1 Å². The molecule has 2 aromatic rings. The number of hydrogen-bond acceptors (Lipinski definition) is 2. The number of anilines is 2. The Kier molecular flexibility index (Phi) is 4.05. The molecule has 100 valence electrons. The van der Waals surface area contributed by atoms with Gasteiger partial charge in [0, 0.05) is 18.8 Å². The van der Waals surface area contributed by atoms with E-state index in [0.29, 0.717) is 6.54 Å². The van der Waals surface area contributed by atoms with Gasteiger partial charge >= 0.3 is 0 Å². The Labute approximate surface area is 113 Å². The zero-order valence-electron chi connectivity index (χ0n) is 11.4. The number of aryl methyl sites for hydroxylation is 1. The van der Waals surface area contributed by atoms with Crippen molar-refractivity contribution in [3.8, 4) is 0 Å². The molecule has 0 amide bonds. The monoisotopic (exact) mass is 258 g/mol. The number of hydrogen-bond donors (Lipinski definition) is 1. The van der Waals surface area contributed by atoms with Crippen molar-refractivity contribution in [2.24, 2.45) is 0 Å². The molecular formula is C16H19FN2. The van der Waals surface area contributed by atoms with Gasteiger partial charge in [0.1, 0.15) is 5.82 Å². The molecule has 0 aliphatic carbocycles. The second-order valence-corrected chi connectivity index (χ2v) is 4.66. The summed E-state index contributed by atoms with van der Waals surface area (Å²) in [6.07, 6.45) is 0. The van der Waals surface area contributed by atoms with E-state index < -0.39 is 0 Å². The summed E-state index contributed by atoms with van der Waals surface area (Å²) in [5, 5.41) is 0. The van der Waals surface area contributed by atoms with Crippen molar-refractivity contribution in [1.82, 2.24) is 0 Å². The van der Waals surface area contributed by atoms with Gasteiger partial charge in [0.2, 0.25) is 0 Å². The van der Waals surface area contributed by atoms with Crippen LogP contribution in [0.3, 0.4) is 0 Å². The van der Waals surface area contributed by atoms with Crippen LogP contribution in [-0.2, 0) is 6.54 Å². The summed E-state index contributed by atoms with van der Waals surface area (Å²) >= 11 is 0. The van der Waals surface area contributed by atoms with E-state index in [9.17, 15) is 4.39 Å². The minimum atomic E-state index is -0.349. The van der Waals surface area contributed by atoms with Crippen LogP contribution >= 0.6 is 0 Å². The van der Waals surface area contributed by atoms with Crippen molar-refractivity contribution in [3.05, 3.63) is 59.4 Å². The first-order valence-electron chi connectivity index (χ1n) is 6.46. The molecule has 0 aliphatic heterocycles. The smallest absolute Gasteiger partial charge is 0.146 e. The van der Waals surface area contributed by atoms with Gasteiger partial charge in [0.05, 0.1) is 5.69 Å². The topological polar surface area (TPSA) is 29.3 Å². The van der Waals surface area contributed by atoms with Crippen LogP contribution in [0.15, 0.2) is 42.5 Å². The van der Waals surface area contributed by atoms with Crippen molar-refractivity contribution in [1.29, 1.82) is 0 Å². The van der Waals surface area contributed by atoms with E-state index in [4.69, 9.17) is 5.73 Å². The molecule has 19 heavy (non-hydrogen) atoms. The molecular weight excluding hydrogens is 239 g/mol. The molecule has 0 saturated carbocycles. The minimum absolute atomic E-state index is 0.197. The van der Waals surface area contributed by atoms with Gasteiger partial charge in [0.25, 0.3) is 0 Å². The first-order chi connectivity index (χ1) is 9.11. The number of halogens is 1. The Balaban J connectivity index is 2.24. The summed E-state index contributed by atoms with van der Waals surface area (Å²) in [6, 6.07) is 13.2.